The van der Waals surface area contributed by atoms with Crippen molar-refractivity contribution in [3.8, 4) is 34.2 Å². The molecule has 2 aromatic carbocycles. The Labute approximate surface area is 266 Å². The van der Waals surface area contributed by atoms with Gasteiger partial charge in [-0.3, -0.25) is 10.1 Å². The minimum atomic E-state index is -0.758. The Morgan fingerprint density at radius 3 is 2.31 bits per heavy atom. The molecule has 1 fully saturated rings. The van der Waals surface area contributed by atoms with Crippen LogP contribution in [0.1, 0.15) is 43.6 Å². The van der Waals surface area contributed by atoms with E-state index in [4.69, 9.17) is 14.2 Å². The van der Waals surface area contributed by atoms with Crippen LogP contribution in [0.4, 0.5) is 16.2 Å². The van der Waals surface area contributed by atoms with Gasteiger partial charge in [-0.1, -0.05) is 0 Å². The van der Waals surface area contributed by atoms with Crippen LogP contribution in [-0.4, -0.2) is 78.6 Å². The molecule has 2 heterocycles. The highest BCUT2D eigenvalue weighted by Crippen LogP contribution is 2.43. The summed E-state index contributed by atoms with van der Waals surface area (Å²) >= 11 is 1.19. The first kappa shape index (κ1) is 33.1. The summed E-state index contributed by atoms with van der Waals surface area (Å²) in [6, 6.07) is 13.7. The van der Waals surface area contributed by atoms with Crippen LogP contribution < -0.4 is 9.64 Å². The first-order valence-corrected chi connectivity index (χ1v) is 15.5. The van der Waals surface area contributed by atoms with E-state index >= 15 is 0 Å². The number of methoxy groups -OCH3 is 1. The smallest absolute Gasteiger partial charge is 0.410 e. The molecule has 1 aliphatic rings. The summed E-state index contributed by atoms with van der Waals surface area (Å²) in [7, 11) is 1.53. The molecule has 0 N–H and O–H groups in total. The van der Waals surface area contributed by atoms with Crippen LogP contribution >= 0.6 is 11.8 Å². The van der Waals surface area contributed by atoms with Gasteiger partial charge in [0.2, 0.25) is 0 Å². The Morgan fingerprint density at radius 1 is 1.11 bits per heavy atom. The van der Waals surface area contributed by atoms with E-state index in [-0.39, 0.29) is 40.2 Å². The van der Waals surface area contributed by atoms with Crippen LogP contribution in [0, 0.1) is 21.4 Å². The number of pyridine rings is 1. The Morgan fingerprint density at radius 2 is 1.78 bits per heavy atom. The summed E-state index contributed by atoms with van der Waals surface area (Å²) < 4.78 is 16.2. The van der Waals surface area contributed by atoms with Gasteiger partial charge < -0.3 is 24.0 Å². The number of rotatable bonds is 8. The maximum absolute atomic E-state index is 13.6. The Hall–Kier alpha value is -4.83. The second-order valence-electron chi connectivity index (χ2n) is 11.1. The Bertz CT molecular complexity index is 1640. The van der Waals surface area contributed by atoms with Gasteiger partial charge in [-0.2, -0.15) is 5.26 Å². The molecular weight excluding hydrogens is 598 g/mol. The van der Waals surface area contributed by atoms with E-state index in [0.29, 0.717) is 48.2 Å². The molecule has 3 aromatic rings. The number of nitriles is 1. The van der Waals surface area contributed by atoms with Crippen LogP contribution in [0.2, 0.25) is 0 Å². The summed E-state index contributed by atoms with van der Waals surface area (Å²) in [5.41, 5.74) is 0.586. The molecule has 45 heavy (non-hydrogen) atoms. The zero-order chi connectivity index (χ0) is 32.9. The third-order valence-electron chi connectivity index (χ3n) is 7.06. The summed E-state index contributed by atoms with van der Waals surface area (Å²) in [5.74, 6) is -0.167. The molecule has 0 atom stereocenters. The van der Waals surface area contributed by atoms with E-state index in [1.807, 2.05) is 4.90 Å². The molecule has 0 radical (unpaired) electrons. The molecule has 1 aliphatic heterocycles. The van der Waals surface area contributed by atoms with E-state index in [9.17, 15) is 25.0 Å². The van der Waals surface area contributed by atoms with Gasteiger partial charge in [-0.25, -0.2) is 14.6 Å². The number of thioether (sulfide) groups is 1. The molecule has 1 saturated heterocycles. The molecule has 4 rings (SSSR count). The van der Waals surface area contributed by atoms with Crippen LogP contribution in [0.25, 0.3) is 22.4 Å². The number of nitro benzene ring substituents is 1. The zero-order valence-electron chi connectivity index (χ0n) is 26.1. The SMILES string of the molecule is CCOC(=O)c1c(-c2ccc(OC)cc2)nc(SC)c(C#N)c1-c1ccc(N2CCN(C(=O)OC(C)(C)C)CC2)cc1[N+](=O)[O-]. The number of aromatic nitrogens is 1. The minimum Gasteiger partial charge on any atom is -0.497 e. The summed E-state index contributed by atoms with van der Waals surface area (Å²) in [4.78, 5) is 46.4. The van der Waals surface area contributed by atoms with Crippen molar-refractivity contribution in [3.63, 3.8) is 0 Å². The van der Waals surface area contributed by atoms with Gasteiger partial charge in [0.1, 0.15) is 22.4 Å². The Kier molecular flexibility index (Phi) is 10.2. The largest absolute Gasteiger partial charge is 0.497 e. The molecule has 1 amide bonds. The van der Waals surface area contributed by atoms with E-state index < -0.39 is 22.6 Å². The van der Waals surface area contributed by atoms with Gasteiger partial charge in [0.05, 0.1) is 41.0 Å². The second kappa shape index (κ2) is 13.9. The fourth-order valence-corrected chi connectivity index (χ4v) is 5.53. The highest BCUT2D eigenvalue weighted by atomic mass is 32.2. The maximum atomic E-state index is 13.6. The monoisotopic (exact) mass is 633 g/mol. The third kappa shape index (κ3) is 7.29. The summed E-state index contributed by atoms with van der Waals surface area (Å²) in [6.07, 6.45) is 1.33. The lowest BCUT2D eigenvalue weighted by atomic mass is 9.91. The van der Waals surface area contributed by atoms with Gasteiger partial charge in [0, 0.05) is 49.1 Å². The molecule has 0 unspecified atom stereocenters. The molecular formula is C32H35N5O7S. The van der Waals surface area contributed by atoms with E-state index in [0.717, 1.165) is 0 Å². The normalized spacial score (nSPS) is 13.2. The number of nitrogens with zero attached hydrogens (tertiary/aromatic N) is 5. The van der Waals surface area contributed by atoms with Crippen molar-refractivity contribution in [2.45, 2.75) is 38.3 Å². The van der Waals surface area contributed by atoms with Crippen molar-refractivity contribution in [2.75, 3.05) is 51.1 Å². The molecule has 0 spiro atoms. The molecule has 236 valence electrons. The van der Waals surface area contributed by atoms with Crippen LogP contribution in [0.5, 0.6) is 5.75 Å². The number of hydrogen-bond acceptors (Lipinski definition) is 11. The topological polar surface area (TPSA) is 148 Å². The number of benzene rings is 2. The molecule has 0 saturated carbocycles. The highest BCUT2D eigenvalue weighted by molar-refractivity contribution is 7.98. The van der Waals surface area contributed by atoms with Crippen molar-refractivity contribution in [3.05, 3.63) is 63.7 Å². The van der Waals surface area contributed by atoms with Crippen molar-refractivity contribution in [1.29, 1.82) is 5.26 Å². The maximum Gasteiger partial charge on any atom is 0.410 e. The van der Waals surface area contributed by atoms with Crippen molar-refractivity contribution >= 4 is 35.2 Å². The first-order chi connectivity index (χ1) is 21.4. The van der Waals surface area contributed by atoms with Crippen molar-refractivity contribution < 1.29 is 28.7 Å². The van der Waals surface area contributed by atoms with E-state index in [1.165, 1.54) is 24.9 Å². The number of nitro groups is 1. The number of amides is 1. The van der Waals surface area contributed by atoms with Gasteiger partial charge in [-0.15, -0.1) is 11.8 Å². The second-order valence-corrected chi connectivity index (χ2v) is 11.9. The number of anilines is 1. The number of esters is 1. The van der Waals surface area contributed by atoms with Crippen LogP contribution in [0.3, 0.4) is 0 Å². The molecule has 0 aliphatic carbocycles. The molecule has 1 aromatic heterocycles. The quantitative estimate of drug-likeness (QED) is 0.122. The Balaban J connectivity index is 1.85. The van der Waals surface area contributed by atoms with Crippen molar-refractivity contribution in [1.82, 2.24) is 9.88 Å². The van der Waals surface area contributed by atoms with E-state index in [2.05, 4.69) is 11.1 Å². The van der Waals surface area contributed by atoms with Crippen LogP contribution in [0.15, 0.2) is 47.5 Å². The highest BCUT2D eigenvalue weighted by Gasteiger charge is 2.32. The number of ether oxygens (including phenoxy) is 3. The third-order valence-corrected chi connectivity index (χ3v) is 7.74. The molecule has 0 bridgehead atoms. The van der Waals surface area contributed by atoms with Gasteiger partial charge in [0.25, 0.3) is 5.69 Å². The van der Waals surface area contributed by atoms with E-state index in [1.54, 1.807) is 75.2 Å². The fraction of sp³-hybridized carbons (Fsp3) is 0.375. The lowest BCUT2D eigenvalue weighted by Crippen LogP contribution is -2.50. The summed E-state index contributed by atoms with van der Waals surface area (Å²) in [5, 5.41) is 23.2. The molecule has 12 nitrogen and oxygen atoms in total. The predicted octanol–water partition coefficient (Wildman–Crippen LogP) is 6.16. The number of carbonyl (C=O) groups excluding carboxylic acids is 2. The summed E-state index contributed by atoms with van der Waals surface area (Å²) in [6.45, 7) is 8.72. The average molecular weight is 634 g/mol. The lowest BCUT2D eigenvalue weighted by Gasteiger charge is -2.36. The lowest BCUT2D eigenvalue weighted by molar-refractivity contribution is -0.384. The van der Waals surface area contributed by atoms with Crippen LogP contribution in [-0.2, 0) is 9.47 Å². The molecule has 13 heteroatoms. The van der Waals surface area contributed by atoms with Gasteiger partial charge in [-0.05, 0) is 70.3 Å². The predicted molar refractivity (Wildman–Crippen MR) is 171 cm³/mol. The first-order valence-electron chi connectivity index (χ1n) is 14.3. The van der Waals surface area contributed by atoms with Gasteiger partial charge in [0.15, 0.2) is 0 Å². The standard InChI is InChI=1S/C32H35N5O7S/c1-7-43-30(38)27-26(24(19-33)29(45-6)34-28(27)20-8-11-22(42-5)12-9-20)23-13-10-21(18-25(23)37(40)41)35-14-16-36(17-15-35)31(39)44-32(2,3)4/h8-13,18H,7,14-17H2,1-6H3. The van der Waals surface area contributed by atoms with Crippen molar-refractivity contribution in [2.24, 2.45) is 0 Å². The number of hydrogen-bond donors (Lipinski definition) is 0. The minimum absolute atomic E-state index is 0.0321. The number of carbonyl (C=O) groups is 2. The average Bonchev–Trinajstić information content (AvgIpc) is 3.02. The number of piperazine rings is 1. The zero-order valence-corrected chi connectivity index (χ0v) is 26.9. The van der Waals surface area contributed by atoms with Gasteiger partial charge >= 0.3 is 12.1 Å². The fourth-order valence-electron chi connectivity index (χ4n) is 5.00.